The molecule has 5 nitrogen and oxygen atoms in total. The Labute approximate surface area is 157 Å². The molecule has 2 rings (SSSR count). The van der Waals surface area contributed by atoms with E-state index in [9.17, 15) is 9.59 Å². The normalized spacial score (nSPS) is 13.3. The molecule has 1 fully saturated rings. The molecule has 1 aromatic carbocycles. The highest BCUT2D eigenvalue weighted by molar-refractivity contribution is 5.95. The summed E-state index contributed by atoms with van der Waals surface area (Å²) < 4.78 is 9.80. The number of benzene rings is 1. The maximum atomic E-state index is 11.8. The van der Waals surface area contributed by atoms with E-state index in [-0.39, 0.29) is 0 Å². The molecule has 146 valence electrons. The highest BCUT2D eigenvalue weighted by Gasteiger charge is 2.11. The molecule has 26 heavy (non-hydrogen) atoms. The van der Waals surface area contributed by atoms with E-state index in [4.69, 9.17) is 4.74 Å². The average molecular weight is 363 g/mol. The van der Waals surface area contributed by atoms with E-state index in [1.165, 1.54) is 64.8 Å². The van der Waals surface area contributed by atoms with Gasteiger partial charge in [0.15, 0.2) is 0 Å². The van der Waals surface area contributed by atoms with Crippen molar-refractivity contribution in [2.24, 2.45) is 0 Å². The molecule has 5 heteroatoms. The van der Waals surface area contributed by atoms with E-state index in [2.05, 4.69) is 17.0 Å². The van der Waals surface area contributed by atoms with E-state index < -0.39 is 11.9 Å². The van der Waals surface area contributed by atoms with Crippen molar-refractivity contribution in [2.75, 3.05) is 26.8 Å². The third kappa shape index (κ3) is 9.56. The van der Waals surface area contributed by atoms with E-state index in [1.807, 2.05) is 0 Å². The van der Waals surface area contributed by atoms with Gasteiger partial charge in [0.05, 0.1) is 24.8 Å². The molecule has 1 aliphatic rings. The van der Waals surface area contributed by atoms with Crippen LogP contribution in [0.2, 0.25) is 0 Å². The number of carbonyl (C=O) groups excluding carboxylic acids is 2. The molecule has 0 spiro atoms. The molecule has 0 aliphatic carbocycles. The molecule has 0 bridgehead atoms. The van der Waals surface area contributed by atoms with Crippen molar-refractivity contribution in [1.29, 1.82) is 0 Å². The molecule has 0 atom stereocenters. The molecule has 1 aliphatic heterocycles. The Balaban J connectivity index is 0.000000472. The minimum atomic E-state index is -0.459. The quantitative estimate of drug-likeness (QED) is 0.549. The van der Waals surface area contributed by atoms with Crippen molar-refractivity contribution in [1.82, 2.24) is 5.32 Å². The van der Waals surface area contributed by atoms with Gasteiger partial charge in [0.25, 0.3) is 0 Å². The molecule has 1 aromatic rings. The molecule has 0 radical (unpaired) electrons. The molecule has 0 unspecified atom stereocenters. The molecule has 1 heterocycles. The fraction of sp³-hybridized carbons (Fsp3) is 0.619. The Morgan fingerprint density at radius 1 is 0.962 bits per heavy atom. The smallest absolute Gasteiger partial charge is 0.338 e. The van der Waals surface area contributed by atoms with Gasteiger partial charge in [-0.05, 0) is 50.6 Å². The average Bonchev–Trinajstić information content (AvgIpc) is 2.71. The Hall–Kier alpha value is -1.88. The van der Waals surface area contributed by atoms with Crippen molar-refractivity contribution in [3.05, 3.63) is 35.4 Å². The van der Waals surface area contributed by atoms with Crippen LogP contribution in [-0.2, 0) is 9.47 Å². The van der Waals surface area contributed by atoms with E-state index in [1.54, 1.807) is 18.2 Å². The fourth-order valence-electron chi connectivity index (χ4n) is 2.65. The summed E-state index contributed by atoms with van der Waals surface area (Å²) in [6, 6.07) is 6.37. The summed E-state index contributed by atoms with van der Waals surface area (Å²) in [5.41, 5.74) is 0.728. The first-order valence-electron chi connectivity index (χ1n) is 9.75. The topological polar surface area (TPSA) is 64.6 Å². The lowest BCUT2D eigenvalue weighted by molar-refractivity contribution is 0.0497. The van der Waals surface area contributed by atoms with Crippen molar-refractivity contribution in [2.45, 2.75) is 58.3 Å². The first kappa shape index (κ1) is 22.2. The largest absolute Gasteiger partial charge is 0.465 e. The minimum Gasteiger partial charge on any atom is -0.465 e. The SMILES string of the molecule is C1CCNCC1.CCCCCCCOC(=O)c1cccc(C(=O)OC)c1. The second kappa shape index (κ2) is 14.3. The van der Waals surface area contributed by atoms with Crippen LogP contribution in [0.25, 0.3) is 0 Å². The van der Waals surface area contributed by atoms with Crippen LogP contribution in [0, 0.1) is 0 Å². The van der Waals surface area contributed by atoms with Gasteiger partial charge in [0.1, 0.15) is 0 Å². The standard InChI is InChI=1S/C16H22O4.C5H11N/c1-3-4-5-6-7-11-20-16(18)14-10-8-9-13(12-14)15(17)19-2;1-2-4-6-5-3-1/h8-10,12H,3-7,11H2,1-2H3;6H,1-5H2. The zero-order valence-corrected chi connectivity index (χ0v) is 16.2. The lowest BCUT2D eigenvalue weighted by Crippen LogP contribution is -2.21. The lowest BCUT2D eigenvalue weighted by Gasteiger charge is -2.08. The Morgan fingerprint density at radius 2 is 1.62 bits per heavy atom. The zero-order valence-electron chi connectivity index (χ0n) is 16.2. The molecule has 0 saturated carbocycles. The number of ether oxygens (including phenoxy) is 2. The number of esters is 2. The summed E-state index contributed by atoms with van der Waals surface area (Å²) in [4.78, 5) is 23.2. The van der Waals surface area contributed by atoms with Crippen LogP contribution < -0.4 is 5.32 Å². The summed E-state index contributed by atoms with van der Waals surface area (Å²) in [6.45, 7) is 5.08. The Kier molecular flexibility index (Phi) is 12.2. The number of carbonyl (C=O) groups is 2. The number of rotatable bonds is 8. The third-order valence-corrected chi connectivity index (χ3v) is 4.21. The maximum Gasteiger partial charge on any atom is 0.338 e. The Bertz CT molecular complexity index is 515. The number of hydrogen-bond acceptors (Lipinski definition) is 5. The summed E-state index contributed by atoms with van der Waals surface area (Å²) in [5, 5.41) is 3.28. The van der Waals surface area contributed by atoms with Crippen LogP contribution in [0.5, 0.6) is 0 Å². The second-order valence-corrected chi connectivity index (χ2v) is 6.43. The summed E-state index contributed by atoms with van der Waals surface area (Å²) in [5.74, 6) is -0.856. The van der Waals surface area contributed by atoms with Crippen molar-refractivity contribution in [3.63, 3.8) is 0 Å². The summed E-state index contributed by atoms with van der Waals surface area (Å²) in [7, 11) is 1.31. The van der Waals surface area contributed by atoms with Crippen molar-refractivity contribution < 1.29 is 19.1 Å². The molecular weight excluding hydrogens is 330 g/mol. The van der Waals surface area contributed by atoms with Gasteiger partial charge in [-0.1, -0.05) is 45.1 Å². The zero-order chi connectivity index (χ0) is 19.0. The van der Waals surface area contributed by atoms with E-state index in [0.29, 0.717) is 17.7 Å². The monoisotopic (exact) mass is 363 g/mol. The molecule has 0 amide bonds. The van der Waals surface area contributed by atoms with Crippen molar-refractivity contribution in [3.8, 4) is 0 Å². The van der Waals surface area contributed by atoms with Crippen LogP contribution in [0.15, 0.2) is 24.3 Å². The number of hydrogen-bond donors (Lipinski definition) is 1. The van der Waals surface area contributed by atoms with Gasteiger partial charge < -0.3 is 14.8 Å². The minimum absolute atomic E-state index is 0.352. The highest BCUT2D eigenvalue weighted by atomic mass is 16.5. The molecular formula is C21H33NO4. The second-order valence-electron chi connectivity index (χ2n) is 6.43. The van der Waals surface area contributed by atoms with Crippen LogP contribution >= 0.6 is 0 Å². The molecule has 0 aromatic heterocycles. The first-order chi connectivity index (χ1) is 12.7. The maximum absolute atomic E-state index is 11.8. The van der Waals surface area contributed by atoms with E-state index >= 15 is 0 Å². The van der Waals surface area contributed by atoms with Gasteiger partial charge in [-0.2, -0.15) is 0 Å². The van der Waals surface area contributed by atoms with Crippen LogP contribution in [-0.4, -0.2) is 38.7 Å². The third-order valence-electron chi connectivity index (χ3n) is 4.21. The summed E-state index contributed by atoms with van der Waals surface area (Å²) in [6.07, 6.45) is 9.75. The van der Waals surface area contributed by atoms with Gasteiger partial charge in [-0.3, -0.25) is 0 Å². The van der Waals surface area contributed by atoms with Gasteiger partial charge in [-0.15, -0.1) is 0 Å². The summed E-state index contributed by atoms with van der Waals surface area (Å²) >= 11 is 0. The first-order valence-corrected chi connectivity index (χ1v) is 9.75. The van der Waals surface area contributed by atoms with Gasteiger partial charge in [0.2, 0.25) is 0 Å². The van der Waals surface area contributed by atoms with E-state index in [0.717, 1.165) is 12.8 Å². The predicted molar refractivity (Wildman–Crippen MR) is 104 cm³/mol. The predicted octanol–water partition coefficient (Wildman–Crippen LogP) is 4.36. The highest BCUT2D eigenvalue weighted by Crippen LogP contribution is 2.09. The molecule has 1 N–H and O–H groups in total. The van der Waals surface area contributed by atoms with Crippen molar-refractivity contribution >= 4 is 11.9 Å². The Morgan fingerprint density at radius 3 is 2.15 bits per heavy atom. The number of methoxy groups -OCH3 is 1. The van der Waals surface area contributed by atoms with Crippen LogP contribution in [0.1, 0.15) is 79.0 Å². The van der Waals surface area contributed by atoms with Gasteiger partial charge >= 0.3 is 11.9 Å². The van der Waals surface area contributed by atoms with Crippen LogP contribution in [0.4, 0.5) is 0 Å². The number of piperidine rings is 1. The van der Waals surface area contributed by atoms with Gasteiger partial charge in [-0.25, -0.2) is 9.59 Å². The number of nitrogens with one attached hydrogen (secondary N) is 1. The number of unbranched alkanes of at least 4 members (excludes halogenated alkanes) is 4. The fourth-order valence-corrected chi connectivity index (χ4v) is 2.65. The molecule has 1 saturated heterocycles. The van der Waals surface area contributed by atoms with Crippen LogP contribution in [0.3, 0.4) is 0 Å². The lowest BCUT2D eigenvalue weighted by atomic mass is 10.1. The van der Waals surface area contributed by atoms with Gasteiger partial charge in [0, 0.05) is 0 Å².